The van der Waals surface area contributed by atoms with Crippen molar-refractivity contribution in [3.63, 3.8) is 0 Å². The molecule has 0 saturated carbocycles. The van der Waals surface area contributed by atoms with Crippen LogP contribution in [0.2, 0.25) is 0 Å². The van der Waals surface area contributed by atoms with Crippen LogP contribution in [-0.4, -0.2) is 135 Å². The van der Waals surface area contributed by atoms with Crippen molar-refractivity contribution < 1.29 is 48.6 Å². The molecular formula is C51H63N11O10S2. The number of hydrogen-bond donors (Lipinski definition) is 13. The molecule has 394 valence electrons. The number of aliphatic hydroxyl groups excluding tert-OH is 1. The first-order valence-electron chi connectivity index (χ1n) is 23.9. The standard InChI is InChI=1S/C51H63N11O10S2/c1-26(2)42-51(72)60-41(50(71)62-43(27(3)63)44(54)65)25-74-73-24-40(59-45(66)35(53)19-29-12-15-30-8-4-5-9-31(30)18-29)49(70)56-37(20-28-13-16-33(64)17-14-28)46(67)57-38(47(68)58-39(22-52)48(69)61-42)21-32-23-55-36-11-7-6-10-34(32)36/h4-18,23,26-27,35,37-43,55,63-64H,19-22,24-25,52-53H2,1-3H3,(H2,54,65)(H,56,70)(H,57,67)(H,58,68)(H,59,66)(H,60,72)(H,61,69)(H,62,71)/t27-,35-,37+,38-,39+,40+,41+,42+,43+/m1/s1. The molecule has 1 aromatic heterocycles. The molecule has 2 heterocycles. The molecule has 1 aliphatic heterocycles. The number of phenols is 1. The summed E-state index contributed by atoms with van der Waals surface area (Å²) in [7, 11) is 2.00. The molecule has 4 aromatic carbocycles. The number of rotatable bonds is 14. The second-order valence-corrected chi connectivity index (χ2v) is 20.9. The number of nitrogens with one attached hydrogen (secondary N) is 8. The first-order valence-corrected chi connectivity index (χ1v) is 26.4. The van der Waals surface area contributed by atoms with E-state index in [0.717, 1.165) is 48.8 Å². The molecule has 0 bridgehead atoms. The lowest BCUT2D eigenvalue weighted by Crippen LogP contribution is -2.63. The molecule has 0 spiro atoms. The van der Waals surface area contributed by atoms with E-state index in [2.05, 4.69) is 42.2 Å². The van der Waals surface area contributed by atoms with Gasteiger partial charge in [-0.3, -0.25) is 38.4 Å². The Bertz CT molecular complexity index is 2830. The number of benzene rings is 4. The van der Waals surface area contributed by atoms with Crippen molar-refractivity contribution >= 4 is 90.5 Å². The molecule has 16 N–H and O–H groups in total. The average molecular weight is 1050 g/mol. The van der Waals surface area contributed by atoms with Crippen molar-refractivity contribution in [2.75, 3.05) is 18.1 Å². The van der Waals surface area contributed by atoms with Gasteiger partial charge in [0.2, 0.25) is 47.3 Å². The first kappa shape index (κ1) is 56.1. The fourth-order valence-corrected chi connectivity index (χ4v) is 10.5. The average Bonchev–Trinajstić information content (AvgIpc) is 3.78. The van der Waals surface area contributed by atoms with Crippen LogP contribution < -0.4 is 54.4 Å². The quantitative estimate of drug-likeness (QED) is 0.0633. The molecule has 1 fully saturated rings. The number of aromatic nitrogens is 1. The minimum Gasteiger partial charge on any atom is -0.508 e. The molecule has 1 aliphatic rings. The third kappa shape index (κ3) is 15.2. The van der Waals surface area contributed by atoms with Gasteiger partial charge in [-0.05, 0) is 64.9 Å². The maximum absolute atomic E-state index is 14.7. The molecule has 5 aromatic rings. The number of hydrogen-bond acceptors (Lipinski definition) is 14. The molecule has 0 unspecified atom stereocenters. The zero-order valence-electron chi connectivity index (χ0n) is 41.0. The number of aliphatic hydroxyl groups is 1. The predicted octanol–water partition coefficient (Wildman–Crippen LogP) is -0.349. The van der Waals surface area contributed by atoms with Crippen molar-refractivity contribution in [1.29, 1.82) is 0 Å². The van der Waals surface area contributed by atoms with Crippen LogP contribution in [0.25, 0.3) is 21.7 Å². The van der Waals surface area contributed by atoms with E-state index in [1.807, 2.05) is 60.7 Å². The lowest BCUT2D eigenvalue weighted by molar-refractivity contribution is -0.136. The predicted molar refractivity (Wildman–Crippen MR) is 283 cm³/mol. The minimum absolute atomic E-state index is 0.0561. The molecule has 0 aliphatic carbocycles. The van der Waals surface area contributed by atoms with Crippen molar-refractivity contribution in [3.05, 3.63) is 114 Å². The highest BCUT2D eigenvalue weighted by molar-refractivity contribution is 8.76. The van der Waals surface area contributed by atoms with Crippen LogP contribution in [0.3, 0.4) is 0 Å². The summed E-state index contributed by atoms with van der Waals surface area (Å²) < 4.78 is 0. The lowest BCUT2D eigenvalue weighted by atomic mass is 10.0. The number of H-pyrrole nitrogens is 1. The van der Waals surface area contributed by atoms with E-state index in [1.165, 1.54) is 19.1 Å². The van der Waals surface area contributed by atoms with E-state index < -0.39 is 114 Å². The molecule has 1 saturated heterocycles. The van der Waals surface area contributed by atoms with Gasteiger partial charge in [-0.15, -0.1) is 0 Å². The summed E-state index contributed by atoms with van der Waals surface area (Å²) in [5, 5.41) is 41.5. The van der Waals surface area contributed by atoms with Crippen LogP contribution in [0.5, 0.6) is 5.75 Å². The third-order valence-corrected chi connectivity index (χ3v) is 14.8. The topological polar surface area (TPSA) is 355 Å². The summed E-state index contributed by atoms with van der Waals surface area (Å²) in [6.45, 7) is 4.04. The first-order chi connectivity index (χ1) is 35.3. The van der Waals surface area contributed by atoms with Gasteiger partial charge in [0.25, 0.3) is 0 Å². The molecule has 6 rings (SSSR count). The van der Waals surface area contributed by atoms with E-state index in [9.17, 15) is 48.6 Å². The maximum Gasteiger partial charge on any atom is 0.244 e. The molecular weight excluding hydrogens is 991 g/mol. The Morgan fingerprint density at radius 2 is 1.32 bits per heavy atom. The fourth-order valence-electron chi connectivity index (χ4n) is 8.18. The summed E-state index contributed by atoms with van der Waals surface area (Å²) >= 11 is 0. The second-order valence-electron chi connectivity index (χ2n) is 18.4. The number of para-hydroxylation sites is 1. The van der Waals surface area contributed by atoms with Gasteiger partial charge in [0.15, 0.2) is 0 Å². The maximum atomic E-state index is 14.7. The van der Waals surface area contributed by atoms with E-state index in [4.69, 9.17) is 17.2 Å². The Balaban J connectivity index is 1.37. The Labute approximate surface area is 434 Å². The summed E-state index contributed by atoms with van der Waals surface area (Å²) in [4.78, 5) is 115. The number of aromatic amines is 1. The Kier molecular flexibility index (Phi) is 19.8. The van der Waals surface area contributed by atoms with Gasteiger partial charge in [-0.25, -0.2) is 0 Å². The van der Waals surface area contributed by atoms with E-state index in [0.29, 0.717) is 11.1 Å². The molecule has 21 nitrogen and oxygen atoms in total. The van der Waals surface area contributed by atoms with Gasteiger partial charge >= 0.3 is 0 Å². The van der Waals surface area contributed by atoms with Crippen molar-refractivity contribution in [3.8, 4) is 5.75 Å². The van der Waals surface area contributed by atoms with Crippen LogP contribution in [0.15, 0.2) is 97.2 Å². The highest BCUT2D eigenvalue weighted by Gasteiger charge is 2.36. The number of primary amides is 1. The largest absolute Gasteiger partial charge is 0.508 e. The summed E-state index contributed by atoms with van der Waals surface area (Å²) in [6, 6.07) is 15.4. The summed E-state index contributed by atoms with van der Waals surface area (Å²) in [5.74, 6) is -7.99. The highest BCUT2D eigenvalue weighted by Crippen LogP contribution is 2.25. The molecule has 23 heteroatoms. The Morgan fingerprint density at radius 1 is 0.716 bits per heavy atom. The van der Waals surface area contributed by atoms with E-state index in [1.54, 1.807) is 38.2 Å². The molecule has 0 radical (unpaired) electrons. The summed E-state index contributed by atoms with van der Waals surface area (Å²) in [5.41, 5.74) is 20.6. The number of amides is 8. The van der Waals surface area contributed by atoms with Crippen molar-refractivity contribution in [2.45, 2.75) is 94.5 Å². The van der Waals surface area contributed by atoms with E-state index >= 15 is 0 Å². The number of carbonyl (C=O) groups excluding carboxylic acids is 8. The van der Waals surface area contributed by atoms with Gasteiger partial charge in [0.05, 0.1) is 12.1 Å². The van der Waals surface area contributed by atoms with Crippen LogP contribution >= 0.6 is 21.6 Å². The smallest absolute Gasteiger partial charge is 0.244 e. The monoisotopic (exact) mass is 1050 g/mol. The molecule has 9 atom stereocenters. The van der Waals surface area contributed by atoms with Gasteiger partial charge in [-0.2, -0.15) is 0 Å². The van der Waals surface area contributed by atoms with Gasteiger partial charge < -0.3 is 69.6 Å². The highest BCUT2D eigenvalue weighted by atomic mass is 33.1. The normalized spacial score (nSPS) is 22.0. The van der Waals surface area contributed by atoms with Crippen LogP contribution in [0.4, 0.5) is 0 Å². The molecule has 8 amide bonds. The minimum atomic E-state index is -1.55. The number of nitrogens with two attached hydrogens (primary N) is 3. The zero-order chi connectivity index (χ0) is 53.6. The third-order valence-electron chi connectivity index (χ3n) is 12.4. The van der Waals surface area contributed by atoms with Crippen molar-refractivity contribution in [2.24, 2.45) is 23.1 Å². The van der Waals surface area contributed by atoms with Crippen molar-refractivity contribution in [1.82, 2.24) is 42.2 Å². The second kappa shape index (κ2) is 26.2. The number of carbonyl (C=O) groups is 8. The van der Waals surface area contributed by atoms with Crippen LogP contribution in [-0.2, 0) is 57.6 Å². The Hall–Kier alpha value is -7.18. The Morgan fingerprint density at radius 3 is 2.00 bits per heavy atom. The van der Waals surface area contributed by atoms with Crippen LogP contribution in [0.1, 0.15) is 37.5 Å². The summed E-state index contributed by atoms with van der Waals surface area (Å²) in [6.07, 6.45) is 0.0636. The van der Waals surface area contributed by atoms with Gasteiger partial charge in [0.1, 0.15) is 48.0 Å². The zero-order valence-corrected chi connectivity index (χ0v) is 42.6. The fraction of sp³-hybridized carbons (Fsp3) is 0.373. The van der Waals surface area contributed by atoms with Crippen LogP contribution in [0, 0.1) is 5.92 Å². The van der Waals surface area contributed by atoms with Gasteiger partial charge in [-0.1, -0.05) is 108 Å². The number of phenolic OH excluding ortho intramolecular Hbond substituents is 1. The number of fused-ring (bicyclic) bond motifs is 2. The SMILES string of the molecule is CC(C)[C@@H]1NC(=O)[C@H](CN)NC(=O)[C@@H](Cc2c[nH]c3ccccc23)NC(=O)[C@H](Cc2ccc(O)cc2)NC(=O)[C@@H](NC(=O)[C@H](N)Cc2ccc3ccccc3c2)CSSC[C@@H](C(=O)N[C@H](C(N)=O)[C@@H](C)O)NC1=O. The van der Waals surface area contributed by atoms with E-state index in [-0.39, 0.29) is 36.5 Å². The van der Waals surface area contributed by atoms with Gasteiger partial charge in [0, 0.05) is 48.0 Å². The molecule has 74 heavy (non-hydrogen) atoms. The lowest BCUT2D eigenvalue weighted by Gasteiger charge is -2.29. The number of aromatic hydroxyl groups is 1.